The van der Waals surface area contributed by atoms with E-state index in [1.54, 1.807) is 0 Å². The highest BCUT2D eigenvalue weighted by molar-refractivity contribution is 6.31. The van der Waals surface area contributed by atoms with E-state index >= 15 is 0 Å². The Kier molecular flexibility index (Phi) is 20.7. The normalized spacial score (nSPS) is 11.8. The van der Waals surface area contributed by atoms with Crippen LogP contribution in [0.5, 0.6) is 0 Å². The lowest BCUT2D eigenvalue weighted by Crippen LogP contribution is -2.16. The average Bonchev–Trinajstić information content (AvgIpc) is 0.713. The van der Waals surface area contributed by atoms with Gasteiger partial charge in [0, 0.05) is 77.8 Å². The third-order valence-electron chi connectivity index (χ3n) is 25.3. The predicted molar refractivity (Wildman–Crippen MR) is 536 cm³/mol. The van der Waals surface area contributed by atoms with Crippen molar-refractivity contribution in [2.75, 3.05) is 19.6 Å². The molecular formula is C120H104N4. The largest absolute Gasteiger partial charge is 0.310 e. The highest BCUT2D eigenvalue weighted by Gasteiger charge is 2.31. The summed E-state index contributed by atoms with van der Waals surface area (Å²) in [6.07, 6.45) is 0. The van der Waals surface area contributed by atoms with Crippen molar-refractivity contribution in [3.05, 3.63) is 432 Å². The molecule has 20 aromatic rings. The summed E-state index contributed by atoms with van der Waals surface area (Å²) in [5, 5.41) is 15.1. The van der Waals surface area contributed by atoms with E-state index in [0.717, 1.165) is 68.2 Å². The zero-order chi connectivity index (χ0) is 85.4. The van der Waals surface area contributed by atoms with Gasteiger partial charge in [-0.05, 0) is 297 Å². The number of nitrogens with zero attached hydrogens (tertiary/aromatic N) is 4. The van der Waals surface area contributed by atoms with Crippen molar-refractivity contribution in [3.8, 4) is 44.5 Å². The molecule has 0 aliphatic rings. The maximum absolute atomic E-state index is 2.51. The summed E-state index contributed by atoms with van der Waals surface area (Å²) in [6.45, 7) is 31.6. The molecule has 0 radical (unpaired) electrons. The first kappa shape index (κ1) is 79.5. The summed E-state index contributed by atoms with van der Waals surface area (Å²) in [6, 6.07) is 140. The molecule has 4 heteroatoms. The molecule has 604 valence electrons. The minimum atomic E-state index is 0.0115. The number of rotatable bonds is 16. The van der Waals surface area contributed by atoms with E-state index < -0.39 is 0 Å². The Morgan fingerprint density at radius 1 is 0.169 bits per heavy atom. The second kappa shape index (κ2) is 32.2. The van der Waals surface area contributed by atoms with Crippen molar-refractivity contribution >= 4 is 133 Å². The highest BCUT2D eigenvalue weighted by Crippen LogP contribution is 2.55. The standard InChI is InChI=1S/2C60H52N2/c1-39-16-14-22-50(32-39)61(54-30-26-45(34-41(54)3)43-18-10-8-11-19-43)56-38-57(53-29-25-48-37-49(60(5,6)7)36-47-24-28-52(56)59(53)58(47)48)62(51-23-15-17-40(2)33-51)55-31-27-46(35-42(55)4)44-20-12-9-13-21-44;1-39-18-26-50(27-19-39)61(54-32-24-45(34-41(54)3)43-14-10-8-11-15-43)56-38-57(53-31-23-48-37-49(60(5,6)7)36-47-22-30-52(56)59(53)58(47)48)62(51-28-20-40(2)21-29-51)55-33-25-46(35-42(55)4)44-16-12-9-13-17-44/h2*8-38H,1-7H3. The van der Waals surface area contributed by atoms with Gasteiger partial charge in [-0.1, -0.05) is 320 Å². The summed E-state index contributed by atoms with van der Waals surface area (Å²) in [5.41, 5.74) is 35.8. The molecule has 20 rings (SSSR count). The third kappa shape index (κ3) is 15.0. The van der Waals surface area contributed by atoms with Crippen LogP contribution in [0.3, 0.4) is 0 Å². The second-order valence-corrected chi connectivity index (χ2v) is 36.3. The Labute approximate surface area is 731 Å². The van der Waals surface area contributed by atoms with Gasteiger partial charge in [0.1, 0.15) is 0 Å². The molecule has 124 heavy (non-hydrogen) atoms. The first-order valence-electron chi connectivity index (χ1n) is 43.7. The molecule has 0 aromatic heterocycles. The fraction of sp³-hybridized carbons (Fsp3) is 0.133. The van der Waals surface area contributed by atoms with Crippen molar-refractivity contribution in [2.24, 2.45) is 0 Å². The number of aryl methyl sites for hydroxylation is 8. The van der Waals surface area contributed by atoms with Crippen LogP contribution in [-0.4, -0.2) is 0 Å². The van der Waals surface area contributed by atoms with Crippen LogP contribution in [0.2, 0.25) is 0 Å². The van der Waals surface area contributed by atoms with Crippen LogP contribution < -0.4 is 19.6 Å². The molecule has 0 aliphatic heterocycles. The molecule has 0 atom stereocenters. The molecule has 0 fully saturated rings. The highest BCUT2D eigenvalue weighted by atomic mass is 15.2. The number of anilines is 12. The van der Waals surface area contributed by atoms with Gasteiger partial charge in [0.05, 0.1) is 22.7 Å². The lowest BCUT2D eigenvalue weighted by Gasteiger charge is -2.34. The first-order valence-corrected chi connectivity index (χ1v) is 43.7. The molecule has 0 N–H and O–H groups in total. The van der Waals surface area contributed by atoms with Gasteiger partial charge < -0.3 is 19.6 Å². The lowest BCUT2D eigenvalue weighted by molar-refractivity contribution is 0.591. The SMILES string of the molecule is Cc1ccc(N(c2ccc(-c3ccccc3)cc2C)c2cc(N(c3ccc(C)cc3)c3ccc(-c4ccccc4)cc3C)c3ccc4cc(C(C)(C)C)cc5ccc2c3c54)cc1.Cc1cccc(N(c2ccc(-c3ccccc3)cc2C)c2cc(N(c3cccc(C)c3)c3ccc(-c4ccccc4)cc3C)c3ccc4cc(C(C)(C)C)cc5ccc2c3c54)c1. The molecule has 4 nitrogen and oxygen atoms in total. The maximum atomic E-state index is 2.51. The molecule has 0 amide bonds. The van der Waals surface area contributed by atoms with Crippen molar-refractivity contribution < 1.29 is 0 Å². The molecule has 0 heterocycles. The fourth-order valence-corrected chi connectivity index (χ4v) is 18.8. The molecule has 0 unspecified atom stereocenters. The van der Waals surface area contributed by atoms with E-state index in [1.165, 1.54) is 165 Å². The molecular weight excluding hydrogens is 1500 g/mol. The number of hydrogen-bond donors (Lipinski definition) is 0. The molecule has 0 saturated heterocycles. The van der Waals surface area contributed by atoms with Crippen LogP contribution in [0.25, 0.3) is 109 Å². The second-order valence-electron chi connectivity index (χ2n) is 36.3. The molecule has 20 aromatic carbocycles. The van der Waals surface area contributed by atoms with Crippen molar-refractivity contribution in [1.29, 1.82) is 0 Å². The van der Waals surface area contributed by atoms with E-state index in [2.05, 4.69) is 493 Å². The van der Waals surface area contributed by atoms with Gasteiger partial charge in [-0.2, -0.15) is 0 Å². The first-order chi connectivity index (χ1) is 60.0. The maximum Gasteiger partial charge on any atom is 0.0561 e. The molecule has 0 spiro atoms. The Morgan fingerprint density at radius 3 is 0.669 bits per heavy atom. The summed E-state index contributed by atoms with van der Waals surface area (Å²) in [4.78, 5) is 10.0. The van der Waals surface area contributed by atoms with Crippen LogP contribution in [-0.2, 0) is 10.8 Å². The quantitative estimate of drug-likeness (QED) is 0.0894. The molecule has 0 bridgehead atoms. The zero-order valence-corrected chi connectivity index (χ0v) is 73.6. The summed E-state index contributed by atoms with van der Waals surface area (Å²) in [5.74, 6) is 0. The summed E-state index contributed by atoms with van der Waals surface area (Å²) in [7, 11) is 0. The van der Waals surface area contributed by atoms with Gasteiger partial charge >= 0.3 is 0 Å². The van der Waals surface area contributed by atoms with Gasteiger partial charge in [-0.25, -0.2) is 0 Å². The smallest absolute Gasteiger partial charge is 0.0561 e. The fourth-order valence-electron chi connectivity index (χ4n) is 18.8. The van der Waals surface area contributed by atoms with Crippen LogP contribution in [0.4, 0.5) is 68.2 Å². The van der Waals surface area contributed by atoms with Gasteiger partial charge in [-0.15, -0.1) is 0 Å². The third-order valence-corrected chi connectivity index (χ3v) is 25.3. The van der Waals surface area contributed by atoms with Crippen LogP contribution in [0, 0.1) is 55.4 Å². The van der Waals surface area contributed by atoms with Crippen LogP contribution in [0.15, 0.2) is 376 Å². The minimum Gasteiger partial charge on any atom is -0.310 e. The van der Waals surface area contributed by atoms with Crippen molar-refractivity contribution in [3.63, 3.8) is 0 Å². The lowest BCUT2D eigenvalue weighted by atomic mass is 9.83. The van der Waals surface area contributed by atoms with Crippen molar-refractivity contribution in [1.82, 2.24) is 0 Å². The Hall–Kier alpha value is -14.3. The van der Waals surface area contributed by atoms with E-state index in [-0.39, 0.29) is 10.8 Å². The van der Waals surface area contributed by atoms with Crippen molar-refractivity contribution in [2.45, 2.75) is 108 Å². The number of hydrogen-bond acceptors (Lipinski definition) is 4. The number of benzene rings is 20. The average molecular weight is 1600 g/mol. The van der Waals surface area contributed by atoms with Crippen LogP contribution >= 0.6 is 0 Å². The molecule has 0 aliphatic carbocycles. The van der Waals surface area contributed by atoms with E-state index in [9.17, 15) is 0 Å². The topological polar surface area (TPSA) is 13.0 Å². The van der Waals surface area contributed by atoms with E-state index in [0.29, 0.717) is 0 Å². The summed E-state index contributed by atoms with van der Waals surface area (Å²) < 4.78 is 0. The van der Waals surface area contributed by atoms with Crippen LogP contribution in [0.1, 0.15) is 97.2 Å². The minimum absolute atomic E-state index is 0.0115. The van der Waals surface area contributed by atoms with E-state index in [4.69, 9.17) is 0 Å². The Balaban J connectivity index is 0.000000163. The van der Waals surface area contributed by atoms with E-state index in [1.807, 2.05) is 0 Å². The Morgan fingerprint density at radius 2 is 0.427 bits per heavy atom. The van der Waals surface area contributed by atoms with Gasteiger partial charge in [0.25, 0.3) is 0 Å². The Bertz CT molecular complexity index is 6970. The van der Waals surface area contributed by atoms with Gasteiger partial charge in [0.2, 0.25) is 0 Å². The monoisotopic (exact) mass is 1600 g/mol. The molecule has 0 saturated carbocycles. The zero-order valence-electron chi connectivity index (χ0n) is 73.6. The summed E-state index contributed by atoms with van der Waals surface area (Å²) >= 11 is 0. The van der Waals surface area contributed by atoms with Gasteiger partial charge in [0.15, 0.2) is 0 Å². The predicted octanol–water partition coefficient (Wildman–Crippen LogP) is 34.8. The van der Waals surface area contributed by atoms with Gasteiger partial charge in [-0.3, -0.25) is 0 Å².